The van der Waals surface area contributed by atoms with E-state index in [1.165, 1.54) is 18.2 Å². The third-order valence-electron chi connectivity index (χ3n) is 2.46. The van der Waals surface area contributed by atoms with Crippen LogP contribution < -0.4 is 10.5 Å². The highest BCUT2D eigenvalue weighted by molar-refractivity contribution is 7.89. The number of sulfonamides is 1. The first-order valence-corrected chi connectivity index (χ1v) is 7.24. The Balaban J connectivity index is 3.05. The second-order valence-corrected chi connectivity index (χ2v) is 6.16. The number of rotatable bonds is 5. The summed E-state index contributed by atoms with van der Waals surface area (Å²) >= 11 is 0. The average molecular weight is 283 g/mol. The Hall–Kier alpha value is -1.62. The van der Waals surface area contributed by atoms with E-state index in [4.69, 9.17) is 11.0 Å². The summed E-state index contributed by atoms with van der Waals surface area (Å²) in [7, 11) is -3.80. The van der Waals surface area contributed by atoms with E-state index in [0.29, 0.717) is 5.69 Å². The first-order valence-electron chi connectivity index (χ1n) is 5.76. The van der Waals surface area contributed by atoms with Crippen molar-refractivity contribution in [3.8, 4) is 6.07 Å². The lowest BCUT2D eigenvalue weighted by atomic mass is 10.2. The van der Waals surface area contributed by atoms with E-state index in [1.807, 2.05) is 6.07 Å². The van der Waals surface area contributed by atoms with Crippen LogP contribution in [0.25, 0.3) is 0 Å². The molecule has 0 fully saturated rings. The van der Waals surface area contributed by atoms with E-state index in [9.17, 15) is 13.5 Å². The zero-order valence-corrected chi connectivity index (χ0v) is 11.6. The molecule has 0 aliphatic heterocycles. The number of nitrogens with two attached hydrogens (primary N) is 1. The van der Waals surface area contributed by atoms with Gasteiger partial charge in [0, 0.05) is 11.7 Å². The van der Waals surface area contributed by atoms with Gasteiger partial charge >= 0.3 is 0 Å². The van der Waals surface area contributed by atoms with Crippen molar-refractivity contribution in [2.45, 2.75) is 37.3 Å². The van der Waals surface area contributed by atoms with Gasteiger partial charge in [-0.25, -0.2) is 13.1 Å². The fourth-order valence-electron chi connectivity index (χ4n) is 1.76. The average Bonchev–Trinajstić information content (AvgIpc) is 2.26. The van der Waals surface area contributed by atoms with Gasteiger partial charge in [-0.15, -0.1) is 0 Å². The van der Waals surface area contributed by atoms with E-state index in [-0.39, 0.29) is 16.9 Å². The van der Waals surface area contributed by atoms with Crippen LogP contribution in [-0.2, 0) is 10.0 Å². The Morgan fingerprint density at radius 2 is 2.11 bits per heavy atom. The third kappa shape index (κ3) is 4.21. The Bertz CT molecular complexity index is 591. The van der Waals surface area contributed by atoms with Crippen molar-refractivity contribution in [2.75, 3.05) is 5.73 Å². The summed E-state index contributed by atoms with van der Waals surface area (Å²) in [4.78, 5) is -0.110. The second kappa shape index (κ2) is 6.02. The van der Waals surface area contributed by atoms with Crippen molar-refractivity contribution in [2.24, 2.45) is 0 Å². The zero-order chi connectivity index (χ0) is 14.6. The van der Waals surface area contributed by atoms with Crippen LogP contribution in [0.3, 0.4) is 0 Å². The monoisotopic (exact) mass is 283 g/mol. The maximum atomic E-state index is 12.1. The number of aliphatic hydroxyl groups is 1. The summed E-state index contributed by atoms with van der Waals surface area (Å²) in [6.45, 7) is 3.22. The quantitative estimate of drug-likeness (QED) is 0.683. The second-order valence-electron chi connectivity index (χ2n) is 4.47. The SMILES string of the molecule is CC(O)CC(C)NS(=O)(=O)c1ccc(N)cc1C#N. The van der Waals surface area contributed by atoms with Crippen molar-refractivity contribution in [3.63, 3.8) is 0 Å². The lowest BCUT2D eigenvalue weighted by Gasteiger charge is -2.16. The molecule has 0 saturated heterocycles. The van der Waals surface area contributed by atoms with Gasteiger partial charge in [0.1, 0.15) is 6.07 Å². The van der Waals surface area contributed by atoms with Gasteiger partial charge in [0.2, 0.25) is 10.0 Å². The molecule has 1 aromatic carbocycles. The maximum absolute atomic E-state index is 12.1. The molecule has 0 heterocycles. The summed E-state index contributed by atoms with van der Waals surface area (Å²) in [5, 5.41) is 18.2. The molecule has 19 heavy (non-hydrogen) atoms. The molecule has 1 aromatic rings. The lowest BCUT2D eigenvalue weighted by Crippen LogP contribution is -2.35. The minimum Gasteiger partial charge on any atom is -0.399 e. The molecule has 104 valence electrons. The molecule has 2 atom stereocenters. The normalized spacial score (nSPS) is 14.6. The third-order valence-corrected chi connectivity index (χ3v) is 4.11. The molecule has 0 saturated carbocycles. The predicted molar refractivity (Wildman–Crippen MR) is 71.7 cm³/mol. The van der Waals surface area contributed by atoms with Gasteiger partial charge in [-0.3, -0.25) is 0 Å². The zero-order valence-electron chi connectivity index (χ0n) is 10.8. The highest BCUT2D eigenvalue weighted by Gasteiger charge is 2.21. The fraction of sp³-hybridized carbons (Fsp3) is 0.417. The van der Waals surface area contributed by atoms with E-state index in [1.54, 1.807) is 13.8 Å². The van der Waals surface area contributed by atoms with Crippen LogP contribution >= 0.6 is 0 Å². The van der Waals surface area contributed by atoms with Crippen molar-refractivity contribution in [3.05, 3.63) is 23.8 Å². The van der Waals surface area contributed by atoms with Crippen molar-refractivity contribution in [1.82, 2.24) is 4.72 Å². The van der Waals surface area contributed by atoms with Gasteiger partial charge in [0.25, 0.3) is 0 Å². The summed E-state index contributed by atoms with van der Waals surface area (Å²) in [6, 6.07) is 5.41. The van der Waals surface area contributed by atoms with Crippen LogP contribution in [0.1, 0.15) is 25.8 Å². The molecule has 0 radical (unpaired) electrons. The van der Waals surface area contributed by atoms with Crippen LogP contribution in [0.5, 0.6) is 0 Å². The Morgan fingerprint density at radius 1 is 1.47 bits per heavy atom. The van der Waals surface area contributed by atoms with Crippen LogP contribution in [0.15, 0.2) is 23.1 Å². The number of nitriles is 1. The van der Waals surface area contributed by atoms with Crippen LogP contribution in [0.4, 0.5) is 5.69 Å². The summed E-state index contributed by atoms with van der Waals surface area (Å²) in [5.74, 6) is 0. The Labute approximate surface area is 112 Å². The maximum Gasteiger partial charge on any atom is 0.242 e. The van der Waals surface area contributed by atoms with Crippen molar-refractivity contribution < 1.29 is 13.5 Å². The van der Waals surface area contributed by atoms with E-state index in [0.717, 1.165) is 0 Å². The minimum absolute atomic E-state index is 0.00301. The molecule has 6 nitrogen and oxygen atoms in total. The highest BCUT2D eigenvalue weighted by atomic mass is 32.2. The first kappa shape index (κ1) is 15.4. The summed E-state index contributed by atoms with van der Waals surface area (Å²) in [5.41, 5.74) is 5.84. The van der Waals surface area contributed by atoms with E-state index < -0.39 is 22.2 Å². The number of anilines is 1. The predicted octanol–water partition coefficient (Wildman–Crippen LogP) is 0.578. The largest absolute Gasteiger partial charge is 0.399 e. The highest BCUT2D eigenvalue weighted by Crippen LogP contribution is 2.18. The number of nitrogen functional groups attached to an aromatic ring is 1. The molecule has 0 spiro atoms. The number of nitrogens with one attached hydrogen (secondary N) is 1. The molecule has 4 N–H and O–H groups in total. The molecule has 0 amide bonds. The molecule has 0 aromatic heterocycles. The van der Waals surface area contributed by atoms with Gasteiger partial charge in [-0.05, 0) is 38.5 Å². The Morgan fingerprint density at radius 3 is 2.63 bits per heavy atom. The molecule has 7 heteroatoms. The summed E-state index contributed by atoms with van der Waals surface area (Å²) < 4.78 is 26.7. The standard InChI is InChI=1S/C12H17N3O3S/c1-8(5-9(2)16)15-19(17,18)12-4-3-11(14)6-10(12)7-13/h3-4,6,8-9,15-16H,5,14H2,1-2H3. The molecule has 1 rings (SSSR count). The number of hydrogen-bond acceptors (Lipinski definition) is 5. The van der Waals surface area contributed by atoms with Gasteiger partial charge in [0.15, 0.2) is 0 Å². The molecule has 2 unspecified atom stereocenters. The molecular weight excluding hydrogens is 266 g/mol. The Kier molecular flexibility index (Phi) is 4.89. The van der Waals surface area contributed by atoms with Gasteiger partial charge in [0.05, 0.1) is 16.6 Å². The fourth-order valence-corrected chi connectivity index (χ4v) is 3.15. The van der Waals surface area contributed by atoms with Crippen molar-refractivity contribution in [1.29, 1.82) is 5.26 Å². The van der Waals surface area contributed by atoms with Gasteiger partial charge in [-0.2, -0.15) is 5.26 Å². The van der Waals surface area contributed by atoms with Crippen molar-refractivity contribution >= 4 is 15.7 Å². The molecule has 0 bridgehead atoms. The smallest absolute Gasteiger partial charge is 0.242 e. The molecular formula is C12H17N3O3S. The van der Waals surface area contributed by atoms with Crippen LogP contribution in [0, 0.1) is 11.3 Å². The van der Waals surface area contributed by atoms with Gasteiger partial charge in [-0.1, -0.05) is 0 Å². The lowest BCUT2D eigenvalue weighted by molar-refractivity contribution is 0.175. The first-order chi connectivity index (χ1) is 8.76. The minimum atomic E-state index is -3.80. The van der Waals surface area contributed by atoms with Crippen LogP contribution in [-0.4, -0.2) is 25.7 Å². The number of hydrogen-bond donors (Lipinski definition) is 3. The van der Waals surface area contributed by atoms with Gasteiger partial charge < -0.3 is 10.8 Å². The number of benzene rings is 1. The van der Waals surface area contributed by atoms with E-state index in [2.05, 4.69) is 4.72 Å². The molecule has 0 aliphatic carbocycles. The number of aliphatic hydroxyl groups excluding tert-OH is 1. The number of nitrogens with zero attached hydrogens (tertiary/aromatic N) is 1. The van der Waals surface area contributed by atoms with E-state index >= 15 is 0 Å². The topological polar surface area (TPSA) is 116 Å². The van der Waals surface area contributed by atoms with Crippen LogP contribution in [0.2, 0.25) is 0 Å². The summed E-state index contributed by atoms with van der Waals surface area (Å²) in [6.07, 6.45) is -0.324. The molecule has 0 aliphatic rings.